The Balaban J connectivity index is 2.61. The first-order valence-electron chi connectivity index (χ1n) is 8.94. The fourth-order valence-electron chi connectivity index (χ4n) is 2.83. The Bertz CT molecular complexity index is 677. The molecule has 2 rings (SSSR count). The third-order valence-electron chi connectivity index (χ3n) is 3.69. The number of nitrogens with two attached hydrogens (primary N) is 1. The summed E-state index contributed by atoms with van der Waals surface area (Å²) in [6.45, 7) is 14.4. The molecule has 0 fully saturated rings. The minimum atomic E-state index is -1.72. The van der Waals surface area contributed by atoms with Crippen molar-refractivity contribution in [3.8, 4) is 0 Å². The molecule has 0 amide bonds. The average Bonchev–Trinajstić information content (AvgIpc) is 2.53. The lowest BCUT2D eigenvalue weighted by Gasteiger charge is -2.30. The van der Waals surface area contributed by atoms with Gasteiger partial charge in [-0.1, -0.05) is 80.3 Å². The number of rotatable bonds is 7. The van der Waals surface area contributed by atoms with Crippen LogP contribution in [0.3, 0.4) is 0 Å². The number of nitrogens with zero attached hydrogens (tertiary/aromatic N) is 1. The molecule has 0 aliphatic rings. The standard InChI is InChI=1S/C19H32N2P2Si2/c1-24(2,3)20-22-17-23(21-25(4,5)6,18-13-9-7-10-14-18)19-15-11-8-12-16-19/h7-16,20,22H,17H2,1-6H3/p+1. The van der Waals surface area contributed by atoms with Gasteiger partial charge in [0.2, 0.25) is 0 Å². The lowest BCUT2D eigenvalue weighted by atomic mass is 10.4. The van der Waals surface area contributed by atoms with Gasteiger partial charge < -0.3 is 9.16 Å². The Morgan fingerprint density at radius 3 is 1.60 bits per heavy atom. The molecule has 0 bridgehead atoms. The van der Waals surface area contributed by atoms with Gasteiger partial charge in [-0.3, -0.25) is 0 Å². The van der Waals surface area contributed by atoms with Crippen LogP contribution >= 0.6 is 15.8 Å². The van der Waals surface area contributed by atoms with Gasteiger partial charge in [-0.25, -0.2) is 0 Å². The van der Waals surface area contributed by atoms with E-state index in [0.29, 0.717) is 0 Å². The Morgan fingerprint density at radius 1 is 0.800 bits per heavy atom. The third-order valence-corrected chi connectivity index (χ3v) is 16.6. The lowest BCUT2D eigenvalue weighted by molar-refractivity contribution is -0.340. The van der Waals surface area contributed by atoms with Crippen LogP contribution < -0.4 is 15.4 Å². The van der Waals surface area contributed by atoms with E-state index >= 15 is 0 Å². The smallest absolute Gasteiger partial charge is 0.274 e. The van der Waals surface area contributed by atoms with Gasteiger partial charge in [0.1, 0.15) is 0 Å². The van der Waals surface area contributed by atoms with Crippen LogP contribution in [0.2, 0.25) is 39.3 Å². The van der Waals surface area contributed by atoms with Crippen LogP contribution in [0.5, 0.6) is 0 Å². The summed E-state index contributed by atoms with van der Waals surface area (Å²) in [5, 5.41) is 2.89. The van der Waals surface area contributed by atoms with Crippen molar-refractivity contribution in [3.63, 3.8) is 0 Å². The molecule has 0 saturated carbocycles. The fourth-order valence-corrected chi connectivity index (χ4v) is 16.6. The molecule has 1 atom stereocenters. The predicted octanol–water partition coefficient (Wildman–Crippen LogP) is 4.62. The molecular weight excluding hydrogens is 374 g/mol. The zero-order chi connectivity index (χ0) is 18.6. The van der Waals surface area contributed by atoms with Crippen molar-refractivity contribution in [3.05, 3.63) is 60.7 Å². The largest absolute Gasteiger partial charge is 0.394 e. The van der Waals surface area contributed by atoms with E-state index in [2.05, 4.69) is 105 Å². The minimum Gasteiger partial charge on any atom is -0.394 e. The zero-order valence-electron chi connectivity index (χ0n) is 16.5. The molecule has 0 aliphatic carbocycles. The van der Waals surface area contributed by atoms with Gasteiger partial charge in [0, 0.05) is 7.05 Å². The topological polar surface area (TPSA) is 29.0 Å². The summed E-state index contributed by atoms with van der Waals surface area (Å²) in [6.07, 6.45) is 0. The molecule has 0 heterocycles. The van der Waals surface area contributed by atoms with Crippen molar-refractivity contribution in [2.24, 2.45) is 4.41 Å². The van der Waals surface area contributed by atoms with E-state index < -0.39 is 23.5 Å². The summed E-state index contributed by atoms with van der Waals surface area (Å²) in [6, 6.07) is 22.2. The van der Waals surface area contributed by atoms with E-state index in [1.54, 1.807) is 0 Å². The van der Waals surface area contributed by atoms with Gasteiger partial charge in [0.05, 0.1) is 14.6 Å². The quantitative estimate of drug-likeness (QED) is 0.512. The molecular formula is C19H33N2P2Si2+. The zero-order valence-corrected chi connectivity index (χ0v) is 20.3. The van der Waals surface area contributed by atoms with Gasteiger partial charge in [-0.2, -0.15) is 0 Å². The molecule has 2 aromatic carbocycles. The summed E-state index contributed by atoms with van der Waals surface area (Å²) < 4.78 is 8.29. The van der Waals surface area contributed by atoms with Crippen molar-refractivity contribution < 1.29 is 4.75 Å². The van der Waals surface area contributed by atoms with Crippen molar-refractivity contribution in [2.45, 2.75) is 39.3 Å². The van der Waals surface area contributed by atoms with E-state index in [1.165, 1.54) is 16.5 Å². The molecule has 2 aromatic rings. The molecule has 2 nitrogen and oxygen atoms in total. The second kappa shape index (κ2) is 8.46. The van der Waals surface area contributed by atoms with E-state index in [4.69, 9.17) is 4.41 Å². The predicted molar refractivity (Wildman–Crippen MR) is 123 cm³/mol. The van der Waals surface area contributed by atoms with Gasteiger partial charge in [-0.05, 0) is 30.3 Å². The van der Waals surface area contributed by atoms with E-state index in [1.807, 2.05) is 0 Å². The van der Waals surface area contributed by atoms with Crippen LogP contribution in [0, 0.1) is 0 Å². The SMILES string of the molecule is C[Si](C)(C)N=P(CP[NH2+][Si](C)(C)C)(c1ccccc1)c1ccccc1. The number of quaternary nitrogens is 1. The summed E-state index contributed by atoms with van der Waals surface area (Å²) in [4.78, 5) is 0. The summed E-state index contributed by atoms with van der Waals surface area (Å²) >= 11 is 0. The van der Waals surface area contributed by atoms with Crippen molar-refractivity contribution >= 4 is 42.9 Å². The van der Waals surface area contributed by atoms with Gasteiger partial charge in [-0.15, -0.1) is 0 Å². The number of hydrogen-bond donors (Lipinski definition) is 1. The van der Waals surface area contributed by atoms with Gasteiger partial charge in [0.25, 0.3) is 8.24 Å². The maximum absolute atomic E-state index is 5.65. The minimum absolute atomic E-state index is 0.887. The molecule has 0 saturated heterocycles. The highest BCUT2D eigenvalue weighted by Gasteiger charge is 2.30. The summed E-state index contributed by atoms with van der Waals surface area (Å²) in [5.74, 6) is 1.19. The second-order valence-corrected chi connectivity index (χ2v) is 23.9. The van der Waals surface area contributed by atoms with Crippen molar-refractivity contribution in [2.75, 3.05) is 5.90 Å². The molecule has 0 radical (unpaired) electrons. The Labute approximate surface area is 157 Å². The molecule has 1 unspecified atom stereocenters. The van der Waals surface area contributed by atoms with Crippen LogP contribution in [0.15, 0.2) is 65.1 Å². The Hall–Kier alpha value is -0.506. The monoisotopic (exact) mass is 407 g/mol. The normalized spacial score (nSPS) is 13.4. The maximum atomic E-state index is 5.65. The van der Waals surface area contributed by atoms with Crippen LogP contribution in [-0.4, -0.2) is 22.4 Å². The van der Waals surface area contributed by atoms with Crippen LogP contribution in [-0.2, 0) is 0 Å². The highest BCUT2D eigenvalue weighted by molar-refractivity contribution is 7.86. The van der Waals surface area contributed by atoms with Gasteiger partial charge in [0.15, 0.2) is 8.24 Å². The molecule has 0 aliphatic heterocycles. The summed E-state index contributed by atoms with van der Waals surface area (Å²) in [7, 11) is -3.55. The van der Waals surface area contributed by atoms with Crippen LogP contribution in [0.25, 0.3) is 0 Å². The number of hydrogen-bond acceptors (Lipinski definition) is 1. The molecule has 0 aromatic heterocycles. The first-order valence-corrected chi connectivity index (χ1v) is 19.2. The lowest BCUT2D eigenvalue weighted by Crippen LogP contribution is -2.89. The summed E-state index contributed by atoms with van der Waals surface area (Å²) in [5.41, 5.74) is 0. The molecule has 6 heteroatoms. The molecule has 0 spiro atoms. The van der Waals surface area contributed by atoms with E-state index in [9.17, 15) is 0 Å². The Morgan fingerprint density at radius 2 is 1.24 bits per heavy atom. The highest BCUT2D eigenvalue weighted by atomic mass is 31.2. The molecule has 25 heavy (non-hydrogen) atoms. The fraction of sp³-hybridized carbons (Fsp3) is 0.368. The second-order valence-electron chi connectivity index (χ2n) is 8.58. The third kappa shape index (κ3) is 6.30. The average molecular weight is 408 g/mol. The van der Waals surface area contributed by atoms with Gasteiger partial charge >= 0.3 is 0 Å². The highest BCUT2D eigenvalue weighted by Crippen LogP contribution is 2.51. The Kier molecular flexibility index (Phi) is 7.04. The first-order chi connectivity index (χ1) is 11.6. The first kappa shape index (κ1) is 20.8. The molecule has 2 N–H and O–H groups in total. The van der Waals surface area contributed by atoms with Crippen LogP contribution in [0.1, 0.15) is 0 Å². The van der Waals surface area contributed by atoms with Crippen molar-refractivity contribution in [1.29, 1.82) is 0 Å². The van der Waals surface area contributed by atoms with E-state index in [0.717, 1.165) is 8.73 Å². The van der Waals surface area contributed by atoms with E-state index in [-0.39, 0.29) is 0 Å². The maximum Gasteiger partial charge on any atom is 0.274 e. The van der Waals surface area contributed by atoms with Crippen molar-refractivity contribution in [1.82, 2.24) is 0 Å². The number of benzene rings is 2. The molecule has 136 valence electrons. The van der Waals surface area contributed by atoms with Crippen LogP contribution in [0.4, 0.5) is 0 Å².